The second-order valence-corrected chi connectivity index (χ2v) is 5.79. The van der Waals surface area contributed by atoms with Crippen molar-refractivity contribution in [3.8, 4) is 0 Å². The molecule has 1 aliphatic rings. The fraction of sp³-hybridized carbons (Fsp3) is 0.500. The SMILES string of the molecule is CC1(NCc2cc(Cl)ccc2Br)CCC1. The van der Waals surface area contributed by atoms with Gasteiger partial charge in [-0.05, 0) is 49.9 Å². The van der Waals surface area contributed by atoms with Crippen LogP contribution in [0.4, 0.5) is 0 Å². The fourth-order valence-electron chi connectivity index (χ4n) is 1.87. The van der Waals surface area contributed by atoms with Crippen molar-refractivity contribution < 1.29 is 0 Å². The molecule has 1 aromatic carbocycles. The average molecular weight is 289 g/mol. The highest BCUT2D eigenvalue weighted by molar-refractivity contribution is 9.10. The fourth-order valence-corrected chi connectivity index (χ4v) is 2.45. The summed E-state index contributed by atoms with van der Waals surface area (Å²) in [6.07, 6.45) is 3.91. The lowest BCUT2D eigenvalue weighted by molar-refractivity contribution is 0.206. The van der Waals surface area contributed by atoms with E-state index >= 15 is 0 Å². The van der Waals surface area contributed by atoms with Crippen molar-refractivity contribution in [3.63, 3.8) is 0 Å². The minimum atomic E-state index is 0.349. The predicted octanol–water partition coefficient (Wildman–Crippen LogP) is 4.13. The Hall–Kier alpha value is -0.0500. The van der Waals surface area contributed by atoms with Gasteiger partial charge in [-0.1, -0.05) is 27.5 Å². The summed E-state index contributed by atoms with van der Waals surface area (Å²) >= 11 is 9.51. The second kappa shape index (κ2) is 4.44. The first-order valence-corrected chi connectivity index (χ1v) is 6.45. The summed E-state index contributed by atoms with van der Waals surface area (Å²) in [6, 6.07) is 5.92. The smallest absolute Gasteiger partial charge is 0.0410 e. The number of hydrogen-bond acceptors (Lipinski definition) is 1. The Labute approximate surface area is 104 Å². The van der Waals surface area contributed by atoms with Crippen LogP contribution in [-0.4, -0.2) is 5.54 Å². The van der Waals surface area contributed by atoms with E-state index in [1.807, 2.05) is 18.2 Å². The highest BCUT2D eigenvalue weighted by atomic mass is 79.9. The molecule has 0 saturated heterocycles. The summed E-state index contributed by atoms with van der Waals surface area (Å²) < 4.78 is 1.13. The summed E-state index contributed by atoms with van der Waals surface area (Å²) in [4.78, 5) is 0. The molecule has 0 radical (unpaired) electrons. The van der Waals surface area contributed by atoms with Crippen LogP contribution >= 0.6 is 27.5 Å². The number of nitrogens with one attached hydrogen (secondary N) is 1. The molecule has 1 N–H and O–H groups in total. The molecule has 0 aliphatic heterocycles. The lowest BCUT2D eigenvalue weighted by atomic mass is 9.78. The Balaban J connectivity index is 2.01. The maximum absolute atomic E-state index is 5.97. The van der Waals surface area contributed by atoms with E-state index < -0.39 is 0 Å². The highest BCUT2D eigenvalue weighted by Crippen LogP contribution is 2.32. The van der Waals surface area contributed by atoms with Gasteiger partial charge in [-0.2, -0.15) is 0 Å². The summed E-state index contributed by atoms with van der Waals surface area (Å²) in [5, 5.41) is 4.39. The van der Waals surface area contributed by atoms with Crippen molar-refractivity contribution in [2.75, 3.05) is 0 Å². The summed E-state index contributed by atoms with van der Waals surface area (Å²) in [6.45, 7) is 3.17. The quantitative estimate of drug-likeness (QED) is 0.881. The Morgan fingerprint density at radius 3 is 2.80 bits per heavy atom. The molecule has 0 bridgehead atoms. The average Bonchev–Trinajstić information content (AvgIpc) is 2.17. The summed E-state index contributed by atoms with van der Waals surface area (Å²) in [7, 11) is 0. The summed E-state index contributed by atoms with van der Waals surface area (Å²) in [5.41, 5.74) is 1.58. The topological polar surface area (TPSA) is 12.0 Å². The molecule has 0 atom stereocenters. The number of hydrogen-bond donors (Lipinski definition) is 1. The molecule has 0 unspecified atom stereocenters. The van der Waals surface area contributed by atoms with Crippen molar-refractivity contribution in [2.24, 2.45) is 0 Å². The van der Waals surface area contributed by atoms with Gasteiger partial charge in [0, 0.05) is 21.6 Å². The van der Waals surface area contributed by atoms with Crippen molar-refractivity contribution in [1.29, 1.82) is 0 Å². The van der Waals surface area contributed by atoms with Gasteiger partial charge in [0.2, 0.25) is 0 Å². The lowest BCUT2D eigenvalue weighted by Crippen LogP contribution is -2.47. The molecular formula is C12H15BrClN. The zero-order valence-electron chi connectivity index (χ0n) is 8.82. The van der Waals surface area contributed by atoms with Crippen LogP contribution in [0.3, 0.4) is 0 Å². The van der Waals surface area contributed by atoms with Gasteiger partial charge in [-0.25, -0.2) is 0 Å². The van der Waals surface area contributed by atoms with Crippen molar-refractivity contribution >= 4 is 27.5 Å². The molecule has 15 heavy (non-hydrogen) atoms. The van der Waals surface area contributed by atoms with Crippen LogP contribution in [0.5, 0.6) is 0 Å². The maximum Gasteiger partial charge on any atom is 0.0410 e. The molecule has 2 rings (SSSR count). The Bertz CT molecular complexity index is 361. The van der Waals surface area contributed by atoms with Crippen LogP contribution < -0.4 is 5.32 Å². The van der Waals surface area contributed by atoms with Gasteiger partial charge in [0.1, 0.15) is 0 Å². The third-order valence-corrected chi connectivity index (χ3v) is 4.18. The molecule has 0 aromatic heterocycles. The van der Waals surface area contributed by atoms with Gasteiger partial charge in [0.25, 0.3) is 0 Å². The molecule has 1 saturated carbocycles. The largest absolute Gasteiger partial charge is 0.307 e. The predicted molar refractivity (Wildman–Crippen MR) is 68.2 cm³/mol. The minimum Gasteiger partial charge on any atom is -0.307 e. The molecule has 1 fully saturated rings. The van der Waals surface area contributed by atoms with Crippen LogP contribution in [0.1, 0.15) is 31.7 Å². The van der Waals surface area contributed by atoms with Crippen LogP contribution in [0, 0.1) is 0 Å². The Morgan fingerprint density at radius 2 is 2.20 bits per heavy atom. The molecule has 1 aliphatic carbocycles. The van der Waals surface area contributed by atoms with E-state index in [-0.39, 0.29) is 0 Å². The van der Waals surface area contributed by atoms with Crippen LogP contribution in [0.2, 0.25) is 5.02 Å². The summed E-state index contributed by atoms with van der Waals surface area (Å²) in [5.74, 6) is 0. The number of halogens is 2. The zero-order valence-corrected chi connectivity index (χ0v) is 11.2. The van der Waals surface area contributed by atoms with Gasteiger partial charge in [-0.3, -0.25) is 0 Å². The molecule has 0 amide bonds. The van der Waals surface area contributed by atoms with Crippen LogP contribution in [-0.2, 0) is 6.54 Å². The van der Waals surface area contributed by atoms with Gasteiger partial charge in [0.05, 0.1) is 0 Å². The van der Waals surface area contributed by atoms with Crippen molar-refractivity contribution in [1.82, 2.24) is 5.32 Å². The highest BCUT2D eigenvalue weighted by Gasteiger charge is 2.30. The minimum absolute atomic E-state index is 0.349. The normalized spacial score (nSPS) is 18.6. The monoisotopic (exact) mass is 287 g/mol. The molecule has 3 heteroatoms. The van der Waals surface area contributed by atoms with E-state index in [0.29, 0.717) is 5.54 Å². The molecule has 0 spiro atoms. The van der Waals surface area contributed by atoms with E-state index in [1.165, 1.54) is 24.8 Å². The number of benzene rings is 1. The molecule has 0 heterocycles. The standard InChI is InChI=1S/C12H15BrClN/c1-12(5-2-6-12)15-8-9-7-10(14)3-4-11(9)13/h3-4,7,15H,2,5-6,8H2,1H3. The maximum atomic E-state index is 5.97. The zero-order chi connectivity index (χ0) is 10.9. The molecular weight excluding hydrogens is 273 g/mol. The lowest BCUT2D eigenvalue weighted by Gasteiger charge is -2.39. The number of rotatable bonds is 3. The van der Waals surface area contributed by atoms with E-state index in [9.17, 15) is 0 Å². The first kappa shape index (κ1) is 11.4. The van der Waals surface area contributed by atoms with Crippen LogP contribution in [0.25, 0.3) is 0 Å². The van der Waals surface area contributed by atoms with Gasteiger partial charge in [0.15, 0.2) is 0 Å². The Morgan fingerprint density at radius 1 is 1.47 bits per heavy atom. The third-order valence-electron chi connectivity index (χ3n) is 3.17. The van der Waals surface area contributed by atoms with Gasteiger partial charge < -0.3 is 5.32 Å². The van der Waals surface area contributed by atoms with Gasteiger partial charge in [-0.15, -0.1) is 0 Å². The van der Waals surface area contributed by atoms with E-state index in [1.54, 1.807) is 0 Å². The van der Waals surface area contributed by atoms with Gasteiger partial charge >= 0.3 is 0 Å². The van der Waals surface area contributed by atoms with Crippen LogP contribution in [0.15, 0.2) is 22.7 Å². The first-order valence-electron chi connectivity index (χ1n) is 5.28. The molecule has 1 nitrogen and oxygen atoms in total. The van der Waals surface area contributed by atoms with Crippen molar-refractivity contribution in [3.05, 3.63) is 33.3 Å². The molecule has 1 aromatic rings. The third kappa shape index (κ3) is 2.74. The van der Waals surface area contributed by atoms with E-state index in [0.717, 1.165) is 16.0 Å². The van der Waals surface area contributed by atoms with Crippen molar-refractivity contribution in [2.45, 2.75) is 38.3 Å². The van der Waals surface area contributed by atoms with E-state index in [2.05, 4.69) is 28.2 Å². The first-order chi connectivity index (χ1) is 7.09. The molecule has 82 valence electrons. The van der Waals surface area contributed by atoms with E-state index in [4.69, 9.17) is 11.6 Å². The second-order valence-electron chi connectivity index (χ2n) is 4.50. The Kier molecular flexibility index (Phi) is 3.39.